The molecule has 0 atom stereocenters. The van der Waals surface area contributed by atoms with E-state index >= 15 is 0 Å². The fourth-order valence-electron chi connectivity index (χ4n) is 2.46. The minimum atomic E-state index is -3.03. The maximum Gasteiger partial charge on any atom is 0.193 e. The van der Waals surface area contributed by atoms with Crippen LogP contribution in [0.3, 0.4) is 0 Å². The van der Waals surface area contributed by atoms with E-state index in [-0.39, 0.29) is 5.75 Å². The van der Waals surface area contributed by atoms with Crippen LogP contribution in [0.15, 0.2) is 11.2 Å². The molecular formula is C14H24N4O2S2. The minimum absolute atomic E-state index is 0.173. The number of hydrogen-bond donors (Lipinski definition) is 1. The van der Waals surface area contributed by atoms with Crippen LogP contribution in [0, 0.1) is 6.92 Å². The van der Waals surface area contributed by atoms with Crippen molar-refractivity contribution in [2.45, 2.75) is 31.9 Å². The summed E-state index contributed by atoms with van der Waals surface area (Å²) >= 11 is 1.70. The first-order chi connectivity index (χ1) is 10.2. The molecule has 0 aliphatic carbocycles. The summed E-state index contributed by atoms with van der Waals surface area (Å²) in [6.07, 6.45) is 2.72. The smallest absolute Gasteiger partial charge is 0.193 e. The quantitative estimate of drug-likeness (QED) is 0.656. The summed E-state index contributed by atoms with van der Waals surface area (Å²) in [7, 11) is -1.30. The Hall–Kier alpha value is -1.15. The van der Waals surface area contributed by atoms with E-state index < -0.39 is 14.6 Å². The van der Waals surface area contributed by atoms with E-state index in [9.17, 15) is 8.42 Å². The molecule has 0 spiro atoms. The van der Waals surface area contributed by atoms with Crippen molar-refractivity contribution in [3.05, 3.63) is 16.1 Å². The molecule has 8 heteroatoms. The van der Waals surface area contributed by atoms with Gasteiger partial charge in [-0.05, 0) is 20.8 Å². The molecule has 1 N–H and O–H groups in total. The van der Waals surface area contributed by atoms with Crippen molar-refractivity contribution in [1.29, 1.82) is 0 Å². The highest BCUT2D eigenvalue weighted by atomic mass is 32.2. The summed E-state index contributed by atoms with van der Waals surface area (Å²) in [5, 5.41) is 4.41. The van der Waals surface area contributed by atoms with Crippen LogP contribution in [0.1, 0.15) is 23.7 Å². The second-order valence-corrected chi connectivity index (χ2v) is 10.2. The van der Waals surface area contributed by atoms with E-state index in [1.54, 1.807) is 32.2 Å². The van der Waals surface area contributed by atoms with Crippen molar-refractivity contribution in [1.82, 2.24) is 15.2 Å². The summed E-state index contributed by atoms with van der Waals surface area (Å²) < 4.78 is 23.4. The monoisotopic (exact) mass is 344 g/mol. The molecule has 0 saturated carbocycles. The lowest BCUT2D eigenvalue weighted by Gasteiger charge is -2.39. The lowest BCUT2D eigenvalue weighted by Crippen LogP contribution is -2.57. The van der Waals surface area contributed by atoms with Crippen LogP contribution >= 0.6 is 11.3 Å². The van der Waals surface area contributed by atoms with Gasteiger partial charge in [0.15, 0.2) is 15.8 Å². The maximum atomic E-state index is 12.1. The number of aryl methyl sites for hydroxylation is 1. The van der Waals surface area contributed by atoms with Gasteiger partial charge in [0.25, 0.3) is 0 Å². The Kier molecular flexibility index (Phi) is 5.11. The van der Waals surface area contributed by atoms with Gasteiger partial charge in [-0.3, -0.25) is 4.99 Å². The molecule has 1 aliphatic heterocycles. The SMILES string of the molecule is CN=C(NCCc1ncc(C)s1)N1CCS(=O)(=O)C(C)(C)C1. The molecule has 1 aromatic rings. The van der Waals surface area contributed by atoms with Crippen molar-refractivity contribution in [3.8, 4) is 0 Å². The molecule has 124 valence electrons. The molecule has 2 rings (SSSR count). The largest absolute Gasteiger partial charge is 0.356 e. The van der Waals surface area contributed by atoms with E-state index in [0.29, 0.717) is 13.1 Å². The normalized spacial score (nSPS) is 20.9. The summed E-state index contributed by atoms with van der Waals surface area (Å²) in [6, 6.07) is 0. The average Bonchev–Trinajstić information content (AvgIpc) is 2.84. The highest BCUT2D eigenvalue weighted by Crippen LogP contribution is 2.23. The van der Waals surface area contributed by atoms with Gasteiger partial charge in [0, 0.05) is 44.2 Å². The third kappa shape index (κ3) is 3.78. The number of aliphatic imine (C=N–C) groups is 1. The second kappa shape index (κ2) is 6.54. The molecule has 6 nitrogen and oxygen atoms in total. The molecule has 0 unspecified atom stereocenters. The number of nitrogens with zero attached hydrogens (tertiary/aromatic N) is 3. The average molecular weight is 345 g/mol. The van der Waals surface area contributed by atoms with Crippen LogP contribution in [0.5, 0.6) is 0 Å². The van der Waals surface area contributed by atoms with Crippen molar-refractivity contribution < 1.29 is 8.42 Å². The summed E-state index contributed by atoms with van der Waals surface area (Å²) in [4.78, 5) is 11.9. The van der Waals surface area contributed by atoms with E-state index in [0.717, 1.165) is 23.9 Å². The van der Waals surface area contributed by atoms with Crippen molar-refractivity contribution in [2.75, 3.05) is 32.4 Å². The zero-order chi connectivity index (χ0) is 16.4. The molecule has 0 bridgehead atoms. The molecule has 0 radical (unpaired) electrons. The summed E-state index contributed by atoms with van der Waals surface area (Å²) in [6.45, 7) is 7.29. The van der Waals surface area contributed by atoms with Crippen molar-refractivity contribution >= 4 is 27.1 Å². The number of guanidine groups is 1. The van der Waals surface area contributed by atoms with Crippen LogP contribution in [0.4, 0.5) is 0 Å². The Morgan fingerprint density at radius 1 is 1.55 bits per heavy atom. The number of aromatic nitrogens is 1. The first-order valence-corrected chi connectivity index (χ1v) is 9.81. The molecule has 1 fully saturated rings. The molecule has 22 heavy (non-hydrogen) atoms. The zero-order valence-electron chi connectivity index (χ0n) is 13.6. The highest BCUT2D eigenvalue weighted by molar-refractivity contribution is 7.92. The molecule has 0 amide bonds. The first kappa shape index (κ1) is 17.2. The number of rotatable bonds is 3. The van der Waals surface area contributed by atoms with Crippen molar-refractivity contribution in [3.63, 3.8) is 0 Å². The van der Waals surface area contributed by atoms with Gasteiger partial charge >= 0.3 is 0 Å². The van der Waals surface area contributed by atoms with Gasteiger partial charge in [-0.15, -0.1) is 11.3 Å². The number of sulfone groups is 1. The number of hydrogen-bond acceptors (Lipinski definition) is 5. The fraction of sp³-hybridized carbons (Fsp3) is 0.714. The highest BCUT2D eigenvalue weighted by Gasteiger charge is 2.40. The van der Waals surface area contributed by atoms with Gasteiger partial charge in [0.05, 0.1) is 15.5 Å². The lowest BCUT2D eigenvalue weighted by molar-refractivity contribution is 0.353. The molecule has 0 aromatic carbocycles. The first-order valence-electron chi connectivity index (χ1n) is 7.34. The second-order valence-electron chi connectivity index (χ2n) is 6.09. The molecule has 1 aliphatic rings. The molecule has 1 saturated heterocycles. The Morgan fingerprint density at radius 3 is 2.82 bits per heavy atom. The summed E-state index contributed by atoms with van der Waals surface area (Å²) in [5.74, 6) is 0.933. The molecular weight excluding hydrogens is 320 g/mol. The van der Waals surface area contributed by atoms with Gasteiger partial charge < -0.3 is 10.2 Å². The van der Waals surface area contributed by atoms with Gasteiger partial charge in [-0.25, -0.2) is 13.4 Å². The van der Waals surface area contributed by atoms with Gasteiger partial charge in [-0.2, -0.15) is 0 Å². The van der Waals surface area contributed by atoms with Crippen LogP contribution in [-0.4, -0.2) is 61.4 Å². The maximum absolute atomic E-state index is 12.1. The van der Waals surface area contributed by atoms with Crippen LogP contribution in [0.25, 0.3) is 0 Å². The van der Waals surface area contributed by atoms with Gasteiger partial charge in [0.2, 0.25) is 0 Å². The van der Waals surface area contributed by atoms with E-state index in [2.05, 4.69) is 15.3 Å². The predicted molar refractivity (Wildman–Crippen MR) is 91.4 cm³/mol. The zero-order valence-corrected chi connectivity index (χ0v) is 15.2. The third-order valence-corrected chi connectivity index (χ3v) is 7.35. The van der Waals surface area contributed by atoms with Crippen LogP contribution < -0.4 is 5.32 Å². The summed E-state index contributed by atoms with van der Waals surface area (Å²) in [5.41, 5.74) is 0. The topological polar surface area (TPSA) is 74.7 Å². The standard InChI is InChI=1S/C14H24N4O2S2/c1-11-9-17-12(21-11)5-6-16-13(15-4)18-7-8-22(19,20)14(2,3)10-18/h9H,5-8,10H2,1-4H3,(H,15,16). The fourth-order valence-corrected chi connectivity index (χ4v) is 4.61. The van der Waals surface area contributed by atoms with Gasteiger partial charge in [-0.1, -0.05) is 0 Å². The Balaban J connectivity index is 1.92. The predicted octanol–water partition coefficient (Wildman–Crippen LogP) is 1.08. The van der Waals surface area contributed by atoms with E-state index in [4.69, 9.17) is 0 Å². The number of thiazole rings is 1. The number of nitrogens with one attached hydrogen (secondary N) is 1. The van der Waals surface area contributed by atoms with Gasteiger partial charge in [0.1, 0.15) is 0 Å². The van der Waals surface area contributed by atoms with E-state index in [1.165, 1.54) is 4.88 Å². The molecule has 1 aromatic heterocycles. The minimum Gasteiger partial charge on any atom is -0.356 e. The third-order valence-electron chi connectivity index (χ3n) is 3.85. The van der Waals surface area contributed by atoms with Crippen LogP contribution in [0.2, 0.25) is 0 Å². The van der Waals surface area contributed by atoms with Crippen molar-refractivity contribution in [2.24, 2.45) is 4.99 Å². The Bertz CT molecular complexity index is 650. The van der Waals surface area contributed by atoms with E-state index in [1.807, 2.05) is 18.0 Å². The van der Waals surface area contributed by atoms with Crippen LogP contribution in [-0.2, 0) is 16.3 Å². The molecule has 2 heterocycles. The Morgan fingerprint density at radius 2 is 2.27 bits per heavy atom. The lowest BCUT2D eigenvalue weighted by atomic mass is 10.2. The Labute approximate surface area is 136 Å².